The van der Waals surface area contributed by atoms with Crippen LogP contribution in [0.4, 0.5) is 5.82 Å². The Morgan fingerprint density at radius 1 is 0.672 bits per heavy atom. The smallest absolute Gasteiger partial charge is 0.349 e. The standard InChI is InChI=1S/C48H53N3O6Si/c1-35(2)45(52)49-44-31-32-51(46(53)50-44)39(34-57-58(47(3,4)5,42-19-13-9-14-20-42)43-21-15-10-16-22-43)33-56-48(36-17-11-8-12-18-36,37-23-27-40(54-6)28-24-37)38-25-29-41(55-7)30-26-38/h8-32,35,39H,33-34H2,1-7H3,(H,49,50,52,53). The number of nitrogens with one attached hydrogen (secondary N) is 1. The van der Waals surface area contributed by atoms with Gasteiger partial charge in [0.2, 0.25) is 5.91 Å². The van der Waals surface area contributed by atoms with E-state index < -0.39 is 25.7 Å². The predicted molar refractivity (Wildman–Crippen MR) is 233 cm³/mol. The fraction of sp³-hybridized carbons (Fsp3) is 0.271. The SMILES string of the molecule is COc1ccc(C(OCC(CO[Si](c2ccccc2)(c2ccccc2)C(C)(C)C)n2ccc(NC(=O)C(C)C)nc2=O)(c2ccccc2)c2ccc(OC)cc2)cc1. The van der Waals surface area contributed by atoms with E-state index in [2.05, 4.69) is 55.3 Å². The molecule has 1 amide bonds. The number of aromatic nitrogens is 2. The number of hydrogen-bond acceptors (Lipinski definition) is 7. The van der Waals surface area contributed by atoms with Crippen molar-refractivity contribution in [2.45, 2.75) is 51.3 Å². The molecule has 58 heavy (non-hydrogen) atoms. The van der Waals surface area contributed by atoms with Gasteiger partial charge in [0.25, 0.3) is 8.32 Å². The van der Waals surface area contributed by atoms with Crippen LogP contribution in [0.3, 0.4) is 0 Å². The van der Waals surface area contributed by atoms with Gasteiger partial charge in [-0.05, 0) is 62.4 Å². The first-order valence-electron chi connectivity index (χ1n) is 19.6. The summed E-state index contributed by atoms with van der Waals surface area (Å²) in [5.41, 5.74) is 0.897. The van der Waals surface area contributed by atoms with Gasteiger partial charge in [-0.3, -0.25) is 9.36 Å². The fourth-order valence-electron chi connectivity index (χ4n) is 7.52. The monoisotopic (exact) mass is 795 g/mol. The molecule has 10 heteroatoms. The van der Waals surface area contributed by atoms with E-state index in [1.54, 1.807) is 44.9 Å². The van der Waals surface area contributed by atoms with Crippen LogP contribution in [0.5, 0.6) is 11.5 Å². The van der Waals surface area contributed by atoms with Crippen LogP contribution in [0.15, 0.2) is 157 Å². The summed E-state index contributed by atoms with van der Waals surface area (Å²) in [6.07, 6.45) is 1.67. The lowest BCUT2D eigenvalue weighted by Gasteiger charge is -2.44. The maximum Gasteiger partial charge on any atom is 0.349 e. The van der Waals surface area contributed by atoms with Gasteiger partial charge in [0.1, 0.15) is 22.9 Å². The van der Waals surface area contributed by atoms with E-state index in [4.69, 9.17) is 18.6 Å². The Bertz CT molecular complexity index is 2210. The van der Waals surface area contributed by atoms with Crippen molar-refractivity contribution in [3.05, 3.63) is 179 Å². The molecule has 6 aromatic rings. The molecule has 0 fully saturated rings. The Morgan fingerprint density at radius 3 is 1.57 bits per heavy atom. The normalized spacial score (nSPS) is 12.6. The topological polar surface area (TPSA) is 101 Å². The Labute approximate surface area is 342 Å². The zero-order valence-corrected chi connectivity index (χ0v) is 35.3. The van der Waals surface area contributed by atoms with Crippen molar-refractivity contribution >= 4 is 30.4 Å². The second-order valence-corrected chi connectivity index (χ2v) is 19.9. The van der Waals surface area contributed by atoms with E-state index in [1.807, 2.05) is 115 Å². The summed E-state index contributed by atoms with van der Waals surface area (Å²) >= 11 is 0. The van der Waals surface area contributed by atoms with Gasteiger partial charge >= 0.3 is 5.69 Å². The molecular weight excluding hydrogens is 743 g/mol. The van der Waals surface area contributed by atoms with Crippen LogP contribution in [0.1, 0.15) is 57.4 Å². The molecule has 0 spiro atoms. The number of nitrogens with zero attached hydrogens (tertiary/aromatic N) is 2. The lowest BCUT2D eigenvalue weighted by atomic mass is 9.80. The quantitative estimate of drug-likeness (QED) is 0.0784. The first-order valence-corrected chi connectivity index (χ1v) is 21.5. The van der Waals surface area contributed by atoms with E-state index >= 15 is 0 Å². The van der Waals surface area contributed by atoms with Gasteiger partial charge in [-0.2, -0.15) is 4.98 Å². The number of anilines is 1. The number of ether oxygens (including phenoxy) is 3. The number of amides is 1. The molecule has 0 radical (unpaired) electrons. The summed E-state index contributed by atoms with van der Waals surface area (Å²) in [4.78, 5) is 31.1. The Hall–Kier alpha value is -5.81. The average molecular weight is 796 g/mol. The summed E-state index contributed by atoms with van der Waals surface area (Å²) < 4.78 is 27.5. The van der Waals surface area contributed by atoms with Crippen LogP contribution < -0.4 is 30.9 Å². The Balaban J connectivity index is 1.52. The van der Waals surface area contributed by atoms with E-state index in [0.29, 0.717) is 11.5 Å². The second kappa shape index (κ2) is 18.2. The van der Waals surface area contributed by atoms with Crippen LogP contribution >= 0.6 is 0 Å². The van der Waals surface area contributed by atoms with Gasteiger partial charge in [0, 0.05) is 12.1 Å². The summed E-state index contributed by atoms with van der Waals surface area (Å²) in [5, 5.41) is 4.67. The van der Waals surface area contributed by atoms with E-state index in [1.165, 1.54) is 0 Å². The van der Waals surface area contributed by atoms with Crippen molar-refractivity contribution < 1.29 is 23.4 Å². The third kappa shape index (κ3) is 8.69. The molecule has 1 aromatic heterocycles. The highest BCUT2D eigenvalue weighted by atomic mass is 28.4. The Morgan fingerprint density at radius 2 is 1.14 bits per heavy atom. The van der Waals surface area contributed by atoms with Crippen molar-refractivity contribution in [2.75, 3.05) is 32.8 Å². The van der Waals surface area contributed by atoms with Gasteiger partial charge in [-0.25, -0.2) is 4.79 Å². The Kier molecular flexibility index (Phi) is 13.1. The summed E-state index contributed by atoms with van der Waals surface area (Å²) in [5.74, 6) is 1.08. The van der Waals surface area contributed by atoms with Crippen LogP contribution in [0.25, 0.3) is 0 Å². The molecule has 5 aromatic carbocycles. The number of hydrogen-bond donors (Lipinski definition) is 1. The molecule has 0 saturated heterocycles. The number of rotatable bonds is 16. The zero-order chi connectivity index (χ0) is 41.3. The second-order valence-electron chi connectivity index (χ2n) is 15.6. The largest absolute Gasteiger partial charge is 0.497 e. The van der Waals surface area contributed by atoms with Gasteiger partial charge in [0.05, 0.1) is 33.5 Å². The zero-order valence-electron chi connectivity index (χ0n) is 34.3. The molecule has 1 N–H and O–H groups in total. The van der Waals surface area contributed by atoms with Crippen LogP contribution in [-0.2, 0) is 19.6 Å². The molecular formula is C48H53N3O6Si. The minimum Gasteiger partial charge on any atom is -0.497 e. The molecule has 0 aliphatic rings. The average Bonchev–Trinajstić information content (AvgIpc) is 3.24. The van der Waals surface area contributed by atoms with Crippen molar-refractivity contribution in [3.8, 4) is 11.5 Å². The van der Waals surface area contributed by atoms with Crippen molar-refractivity contribution in [1.82, 2.24) is 9.55 Å². The molecule has 0 aliphatic heterocycles. The maximum atomic E-state index is 14.1. The van der Waals surface area contributed by atoms with E-state index in [0.717, 1.165) is 27.1 Å². The molecule has 1 unspecified atom stereocenters. The highest BCUT2D eigenvalue weighted by Crippen LogP contribution is 2.43. The van der Waals surface area contributed by atoms with Crippen molar-refractivity contribution in [3.63, 3.8) is 0 Å². The molecule has 0 aliphatic carbocycles. The first kappa shape index (κ1) is 41.8. The summed E-state index contributed by atoms with van der Waals surface area (Å²) in [7, 11) is 0.208. The molecule has 9 nitrogen and oxygen atoms in total. The number of carbonyl (C=O) groups excluding carboxylic acids is 1. The lowest BCUT2D eigenvalue weighted by Crippen LogP contribution is -2.67. The van der Waals surface area contributed by atoms with Crippen LogP contribution in [0.2, 0.25) is 5.04 Å². The van der Waals surface area contributed by atoms with Gasteiger partial charge in [-0.1, -0.05) is 150 Å². The number of methoxy groups -OCH3 is 2. The van der Waals surface area contributed by atoms with Crippen molar-refractivity contribution in [2.24, 2.45) is 5.92 Å². The summed E-state index contributed by atoms with van der Waals surface area (Å²) in [6.45, 7) is 10.4. The van der Waals surface area contributed by atoms with Gasteiger partial charge in [-0.15, -0.1) is 0 Å². The van der Waals surface area contributed by atoms with E-state index in [9.17, 15) is 9.59 Å². The van der Waals surface area contributed by atoms with Crippen LogP contribution in [0, 0.1) is 5.92 Å². The minimum atomic E-state index is -3.07. The fourth-order valence-corrected chi connectivity index (χ4v) is 12.1. The summed E-state index contributed by atoms with van der Waals surface area (Å²) in [6, 6.07) is 47.5. The highest BCUT2D eigenvalue weighted by molar-refractivity contribution is 6.99. The highest BCUT2D eigenvalue weighted by Gasteiger charge is 2.50. The number of carbonyl (C=O) groups is 1. The van der Waals surface area contributed by atoms with Crippen molar-refractivity contribution in [1.29, 1.82) is 0 Å². The van der Waals surface area contributed by atoms with E-state index in [-0.39, 0.29) is 35.9 Å². The molecule has 0 saturated carbocycles. The molecule has 1 atom stereocenters. The molecule has 1 heterocycles. The van der Waals surface area contributed by atoms with Crippen LogP contribution in [-0.4, -0.2) is 51.2 Å². The maximum absolute atomic E-state index is 14.1. The molecule has 0 bridgehead atoms. The first-order chi connectivity index (χ1) is 27.9. The van der Waals surface area contributed by atoms with Gasteiger partial charge < -0.3 is 24.0 Å². The third-order valence-electron chi connectivity index (χ3n) is 10.6. The lowest BCUT2D eigenvalue weighted by molar-refractivity contribution is -0.118. The minimum absolute atomic E-state index is 0.0322. The molecule has 300 valence electrons. The van der Waals surface area contributed by atoms with Gasteiger partial charge in [0.15, 0.2) is 0 Å². The molecule has 6 rings (SSSR count). The predicted octanol–water partition coefficient (Wildman–Crippen LogP) is 7.98. The number of benzene rings is 5. The third-order valence-corrected chi connectivity index (χ3v) is 15.6.